The van der Waals surface area contributed by atoms with Crippen molar-refractivity contribution in [2.24, 2.45) is 0 Å². The molecule has 0 unspecified atom stereocenters. The summed E-state index contributed by atoms with van der Waals surface area (Å²) in [6.45, 7) is 16.1. The van der Waals surface area contributed by atoms with Crippen molar-refractivity contribution >= 4 is 21.6 Å². The first-order valence-corrected chi connectivity index (χ1v) is 15.2. The summed E-state index contributed by atoms with van der Waals surface area (Å²) in [5.41, 5.74) is 4.18. The van der Waals surface area contributed by atoms with E-state index >= 15 is 0 Å². The molecule has 2 N–H and O–H groups in total. The predicted octanol–water partition coefficient (Wildman–Crippen LogP) is 6.41. The molecule has 0 saturated heterocycles. The number of sulfonamides is 1. The fraction of sp³-hybridized carbons (Fsp3) is 0.387. The molecule has 0 bridgehead atoms. The quantitative estimate of drug-likeness (QED) is 0.204. The third-order valence-corrected chi connectivity index (χ3v) is 7.83. The van der Waals surface area contributed by atoms with Gasteiger partial charge in [0.1, 0.15) is 5.75 Å². The molecule has 0 aliphatic heterocycles. The fourth-order valence-electron chi connectivity index (χ4n) is 4.12. The highest BCUT2D eigenvalue weighted by atomic mass is 32.2. The second-order valence-electron chi connectivity index (χ2n) is 8.38. The Balaban J connectivity index is 0.00000191. The molecule has 3 aromatic carbocycles. The number of aryl methyl sites for hydroxylation is 1. The standard InChI is InChI=1S/C27H33N3O5S.2C2H6/c1-5-29(6-2)18-22-16-20(3)26(25(17-22)27(31)28-32)30(19-21-10-8-7-9-11-21)36(33,34)24-14-12-23(35-4)13-15-24;2*1-2/h7-17,32H,5-6,18-19H2,1-4H3,(H,28,31);2*1-2H3. The molecule has 0 aliphatic carbocycles. The van der Waals surface area contributed by atoms with E-state index in [0.29, 0.717) is 17.9 Å². The maximum atomic E-state index is 14.0. The maximum Gasteiger partial charge on any atom is 0.276 e. The average Bonchev–Trinajstić information content (AvgIpc) is 3.00. The van der Waals surface area contributed by atoms with Crippen LogP contribution < -0.4 is 14.5 Å². The summed E-state index contributed by atoms with van der Waals surface area (Å²) in [5, 5.41) is 9.53. The van der Waals surface area contributed by atoms with Gasteiger partial charge in [-0.25, -0.2) is 13.9 Å². The molecule has 3 aromatic rings. The van der Waals surface area contributed by atoms with Crippen LogP contribution in [0.5, 0.6) is 5.75 Å². The van der Waals surface area contributed by atoms with E-state index in [1.54, 1.807) is 30.6 Å². The Hall–Kier alpha value is -3.40. The molecule has 40 heavy (non-hydrogen) atoms. The van der Waals surface area contributed by atoms with Gasteiger partial charge in [-0.3, -0.25) is 19.2 Å². The van der Waals surface area contributed by atoms with Gasteiger partial charge in [-0.1, -0.05) is 77.9 Å². The minimum atomic E-state index is -4.10. The number of hydroxylamine groups is 1. The molecule has 0 radical (unpaired) electrons. The molecule has 0 aliphatic rings. The molecule has 0 fully saturated rings. The topological polar surface area (TPSA) is 99.2 Å². The van der Waals surface area contributed by atoms with Gasteiger partial charge in [0.2, 0.25) is 0 Å². The van der Waals surface area contributed by atoms with Crippen molar-refractivity contribution in [2.75, 3.05) is 24.5 Å². The molecule has 1 amide bonds. The van der Waals surface area contributed by atoms with Crippen LogP contribution in [-0.2, 0) is 23.1 Å². The Bertz CT molecular complexity index is 1280. The number of nitrogens with zero attached hydrogens (tertiary/aromatic N) is 2. The van der Waals surface area contributed by atoms with Crippen molar-refractivity contribution in [3.8, 4) is 5.75 Å². The van der Waals surface area contributed by atoms with Gasteiger partial charge in [0.25, 0.3) is 15.9 Å². The Morgan fingerprint density at radius 1 is 0.875 bits per heavy atom. The van der Waals surface area contributed by atoms with E-state index in [1.165, 1.54) is 23.5 Å². The zero-order valence-electron chi connectivity index (χ0n) is 25.1. The summed E-state index contributed by atoms with van der Waals surface area (Å²) in [6, 6.07) is 18.8. The van der Waals surface area contributed by atoms with Gasteiger partial charge in [-0.15, -0.1) is 0 Å². The first-order chi connectivity index (χ1) is 19.2. The number of ether oxygens (including phenoxy) is 1. The molecule has 0 aromatic heterocycles. The Kier molecular flexibility index (Phi) is 15.0. The van der Waals surface area contributed by atoms with Crippen LogP contribution in [0.4, 0.5) is 5.69 Å². The van der Waals surface area contributed by atoms with Crippen LogP contribution in [0.2, 0.25) is 0 Å². The molecule has 8 nitrogen and oxygen atoms in total. The van der Waals surface area contributed by atoms with E-state index in [-0.39, 0.29) is 22.7 Å². The molecule has 3 rings (SSSR count). The zero-order chi connectivity index (χ0) is 30.3. The largest absolute Gasteiger partial charge is 0.497 e. The number of benzene rings is 3. The highest BCUT2D eigenvalue weighted by molar-refractivity contribution is 7.92. The van der Waals surface area contributed by atoms with Crippen molar-refractivity contribution in [2.45, 2.75) is 66.5 Å². The summed E-state index contributed by atoms with van der Waals surface area (Å²) < 4.78 is 34.4. The number of anilines is 1. The number of amides is 1. The van der Waals surface area contributed by atoms with Crippen LogP contribution in [0.3, 0.4) is 0 Å². The second-order valence-corrected chi connectivity index (χ2v) is 10.2. The van der Waals surface area contributed by atoms with Crippen molar-refractivity contribution in [3.63, 3.8) is 0 Å². The first kappa shape index (κ1) is 34.6. The number of carbonyl (C=O) groups is 1. The van der Waals surface area contributed by atoms with Crippen LogP contribution in [-0.4, -0.2) is 44.6 Å². The number of hydrogen-bond donors (Lipinski definition) is 2. The normalized spacial score (nSPS) is 10.6. The fourth-order valence-corrected chi connectivity index (χ4v) is 5.66. The highest BCUT2D eigenvalue weighted by Gasteiger charge is 2.31. The molecule has 220 valence electrons. The number of rotatable bonds is 11. The van der Waals surface area contributed by atoms with E-state index in [2.05, 4.69) is 18.7 Å². The van der Waals surface area contributed by atoms with Crippen LogP contribution >= 0.6 is 0 Å². The van der Waals surface area contributed by atoms with Crippen LogP contribution in [0.15, 0.2) is 71.6 Å². The molecule has 9 heteroatoms. The molecule has 0 saturated carbocycles. The van der Waals surface area contributed by atoms with Gasteiger partial charge in [0.05, 0.1) is 29.8 Å². The lowest BCUT2D eigenvalue weighted by molar-refractivity contribution is 0.0707. The number of hydrogen-bond acceptors (Lipinski definition) is 6. The summed E-state index contributed by atoms with van der Waals surface area (Å²) in [7, 11) is -2.60. The van der Waals surface area contributed by atoms with Gasteiger partial charge in [0, 0.05) is 6.54 Å². The summed E-state index contributed by atoms with van der Waals surface area (Å²) in [5.74, 6) is -0.252. The molecular formula is C31H45N3O5S. The van der Waals surface area contributed by atoms with Crippen LogP contribution in [0.25, 0.3) is 0 Å². The van der Waals surface area contributed by atoms with E-state index < -0.39 is 15.9 Å². The van der Waals surface area contributed by atoms with Crippen molar-refractivity contribution < 1.29 is 23.2 Å². The Morgan fingerprint density at radius 2 is 1.45 bits per heavy atom. The van der Waals surface area contributed by atoms with Crippen molar-refractivity contribution in [3.05, 3.63) is 89.0 Å². The van der Waals surface area contributed by atoms with Crippen molar-refractivity contribution in [1.29, 1.82) is 0 Å². The molecule has 0 atom stereocenters. The Labute approximate surface area is 240 Å². The summed E-state index contributed by atoms with van der Waals surface area (Å²) in [6.07, 6.45) is 0. The second kappa shape index (κ2) is 17.3. The smallest absolute Gasteiger partial charge is 0.276 e. The molecule has 0 heterocycles. The van der Waals surface area contributed by atoms with E-state index in [1.807, 2.05) is 64.1 Å². The third-order valence-electron chi connectivity index (χ3n) is 6.07. The predicted molar refractivity (Wildman–Crippen MR) is 163 cm³/mol. The third kappa shape index (κ3) is 8.81. The van der Waals surface area contributed by atoms with Gasteiger partial charge >= 0.3 is 0 Å². The minimum absolute atomic E-state index is 0.00283. The number of methoxy groups -OCH3 is 1. The van der Waals surface area contributed by atoms with Gasteiger partial charge < -0.3 is 4.74 Å². The average molecular weight is 572 g/mol. The van der Waals surface area contributed by atoms with Gasteiger partial charge in [-0.05, 0) is 67.0 Å². The summed E-state index contributed by atoms with van der Waals surface area (Å²) in [4.78, 5) is 15.1. The van der Waals surface area contributed by atoms with E-state index in [0.717, 1.165) is 24.2 Å². The van der Waals surface area contributed by atoms with Gasteiger partial charge in [-0.2, -0.15) is 0 Å². The SMILES string of the molecule is CC.CC.CCN(CC)Cc1cc(C)c(N(Cc2ccccc2)S(=O)(=O)c2ccc(OC)cc2)c(C(=O)NO)c1. The monoisotopic (exact) mass is 571 g/mol. The first-order valence-electron chi connectivity index (χ1n) is 13.8. The highest BCUT2D eigenvalue weighted by Crippen LogP contribution is 2.34. The molecular weight excluding hydrogens is 526 g/mol. The Morgan fingerprint density at radius 3 is 1.95 bits per heavy atom. The number of carbonyl (C=O) groups excluding carboxylic acids is 1. The van der Waals surface area contributed by atoms with Crippen LogP contribution in [0, 0.1) is 6.92 Å². The van der Waals surface area contributed by atoms with E-state index in [4.69, 9.17) is 4.74 Å². The number of nitrogens with one attached hydrogen (secondary N) is 1. The van der Waals surface area contributed by atoms with Crippen LogP contribution in [0.1, 0.15) is 68.6 Å². The maximum absolute atomic E-state index is 14.0. The summed E-state index contributed by atoms with van der Waals surface area (Å²) >= 11 is 0. The zero-order valence-corrected chi connectivity index (χ0v) is 25.9. The van der Waals surface area contributed by atoms with Gasteiger partial charge in [0.15, 0.2) is 0 Å². The lowest BCUT2D eigenvalue weighted by Crippen LogP contribution is -2.34. The lowest BCUT2D eigenvalue weighted by Gasteiger charge is -2.29. The minimum Gasteiger partial charge on any atom is -0.497 e. The molecule has 0 spiro atoms. The van der Waals surface area contributed by atoms with Crippen molar-refractivity contribution in [1.82, 2.24) is 10.4 Å². The van der Waals surface area contributed by atoms with E-state index in [9.17, 15) is 18.4 Å². The lowest BCUT2D eigenvalue weighted by atomic mass is 10.0.